The number of amides is 1. The lowest BCUT2D eigenvalue weighted by Gasteiger charge is -2.27. The van der Waals surface area contributed by atoms with E-state index >= 15 is 0 Å². The van der Waals surface area contributed by atoms with Gasteiger partial charge in [-0.05, 0) is 38.3 Å². The van der Waals surface area contributed by atoms with Gasteiger partial charge < -0.3 is 10.4 Å². The van der Waals surface area contributed by atoms with Crippen molar-refractivity contribution in [2.75, 3.05) is 25.0 Å². The summed E-state index contributed by atoms with van der Waals surface area (Å²) in [5.41, 5.74) is 3.15. The molecule has 0 aliphatic heterocycles. The van der Waals surface area contributed by atoms with Crippen molar-refractivity contribution in [2.45, 2.75) is 45.6 Å². The molecular formula is C17H26N2O2. The van der Waals surface area contributed by atoms with E-state index in [2.05, 4.69) is 16.3 Å². The van der Waals surface area contributed by atoms with Crippen LogP contribution in [0.25, 0.3) is 0 Å². The first-order valence-corrected chi connectivity index (χ1v) is 7.82. The number of hydrogen-bond acceptors (Lipinski definition) is 3. The van der Waals surface area contributed by atoms with Crippen LogP contribution in [-0.4, -0.2) is 41.7 Å². The molecule has 0 radical (unpaired) electrons. The first kappa shape index (κ1) is 16.0. The number of carbonyl (C=O) groups excluding carboxylic acids is 1. The van der Waals surface area contributed by atoms with E-state index in [1.165, 1.54) is 18.4 Å². The predicted octanol–water partition coefficient (Wildman–Crippen LogP) is 2.48. The number of rotatable bonds is 6. The topological polar surface area (TPSA) is 52.6 Å². The Morgan fingerprint density at radius 2 is 2.05 bits per heavy atom. The van der Waals surface area contributed by atoms with Crippen LogP contribution in [0.1, 0.15) is 36.8 Å². The third kappa shape index (κ3) is 4.55. The van der Waals surface area contributed by atoms with Gasteiger partial charge in [-0.15, -0.1) is 0 Å². The van der Waals surface area contributed by atoms with Gasteiger partial charge in [0.1, 0.15) is 0 Å². The van der Waals surface area contributed by atoms with E-state index in [-0.39, 0.29) is 12.5 Å². The fourth-order valence-electron chi connectivity index (χ4n) is 3.12. The zero-order valence-corrected chi connectivity index (χ0v) is 13.1. The SMILES string of the molecule is Cc1ccc(NC(=O)CN(CCO)C2CCCC2)c(C)c1. The van der Waals surface area contributed by atoms with Crippen molar-refractivity contribution in [3.63, 3.8) is 0 Å². The summed E-state index contributed by atoms with van der Waals surface area (Å²) in [7, 11) is 0. The molecule has 1 fully saturated rings. The molecule has 2 N–H and O–H groups in total. The lowest BCUT2D eigenvalue weighted by atomic mass is 10.1. The van der Waals surface area contributed by atoms with Crippen molar-refractivity contribution in [3.05, 3.63) is 29.3 Å². The van der Waals surface area contributed by atoms with Crippen LogP contribution in [-0.2, 0) is 4.79 Å². The minimum absolute atomic E-state index is 0.00213. The number of aliphatic hydroxyl groups excluding tert-OH is 1. The number of nitrogens with zero attached hydrogens (tertiary/aromatic N) is 1. The summed E-state index contributed by atoms with van der Waals surface area (Å²) in [6.45, 7) is 5.09. The molecule has 2 rings (SSSR count). The second kappa shape index (κ2) is 7.57. The highest BCUT2D eigenvalue weighted by Crippen LogP contribution is 2.23. The van der Waals surface area contributed by atoms with Gasteiger partial charge in [0.05, 0.1) is 13.2 Å². The van der Waals surface area contributed by atoms with Crippen molar-refractivity contribution in [2.24, 2.45) is 0 Å². The summed E-state index contributed by atoms with van der Waals surface area (Å²) in [4.78, 5) is 14.4. The van der Waals surface area contributed by atoms with Crippen LogP contribution in [0.3, 0.4) is 0 Å². The van der Waals surface area contributed by atoms with E-state index in [1.807, 2.05) is 26.0 Å². The molecule has 0 atom stereocenters. The summed E-state index contributed by atoms with van der Waals surface area (Å²) < 4.78 is 0. The Kier molecular flexibility index (Phi) is 5.76. The van der Waals surface area contributed by atoms with Crippen LogP contribution in [0.2, 0.25) is 0 Å². The fourth-order valence-corrected chi connectivity index (χ4v) is 3.12. The van der Waals surface area contributed by atoms with E-state index in [4.69, 9.17) is 0 Å². The molecule has 4 heteroatoms. The Balaban J connectivity index is 1.95. The van der Waals surface area contributed by atoms with Crippen molar-refractivity contribution >= 4 is 11.6 Å². The number of hydrogen-bond donors (Lipinski definition) is 2. The Morgan fingerprint density at radius 3 is 2.67 bits per heavy atom. The van der Waals surface area contributed by atoms with Gasteiger partial charge in [-0.3, -0.25) is 9.69 Å². The molecule has 21 heavy (non-hydrogen) atoms. The maximum atomic E-state index is 12.3. The molecule has 1 aromatic carbocycles. The van der Waals surface area contributed by atoms with Crippen LogP contribution in [0.15, 0.2) is 18.2 Å². The molecule has 1 saturated carbocycles. The second-order valence-electron chi connectivity index (χ2n) is 6.00. The molecule has 1 amide bonds. The molecule has 0 aromatic heterocycles. The average molecular weight is 290 g/mol. The van der Waals surface area contributed by atoms with E-state index in [1.54, 1.807) is 0 Å². The molecule has 1 aromatic rings. The molecule has 116 valence electrons. The zero-order chi connectivity index (χ0) is 15.2. The van der Waals surface area contributed by atoms with Crippen molar-refractivity contribution in [1.29, 1.82) is 0 Å². The highest BCUT2D eigenvalue weighted by Gasteiger charge is 2.23. The Hall–Kier alpha value is -1.39. The van der Waals surface area contributed by atoms with Crippen LogP contribution in [0.4, 0.5) is 5.69 Å². The van der Waals surface area contributed by atoms with Gasteiger partial charge in [-0.1, -0.05) is 30.5 Å². The first-order chi connectivity index (χ1) is 10.1. The highest BCUT2D eigenvalue weighted by atomic mass is 16.3. The van der Waals surface area contributed by atoms with Gasteiger partial charge in [0.15, 0.2) is 0 Å². The van der Waals surface area contributed by atoms with E-state index in [9.17, 15) is 9.90 Å². The zero-order valence-electron chi connectivity index (χ0n) is 13.1. The Bertz CT molecular complexity index is 482. The minimum atomic E-state index is 0.00213. The van der Waals surface area contributed by atoms with Crippen LogP contribution in [0, 0.1) is 13.8 Å². The van der Waals surface area contributed by atoms with E-state index < -0.39 is 0 Å². The lowest BCUT2D eigenvalue weighted by Crippen LogP contribution is -2.41. The fraction of sp³-hybridized carbons (Fsp3) is 0.588. The maximum absolute atomic E-state index is 12.3. The Labute approximate surface area is 127 Å². The van der Waals surface area contributed by atoms with Gasteiger partial charge in [0, 0.05) is 18.3 Å². The van der Waals surface area contributed by atoms with E-state index in [0.717, 1.165) is 24.1 Å². The maximum Gasteiger partial charge on any atom is 0.238 e. The molecule has 0 saturated heterocycles. The Morgan fingerprint density at radius 1 is 1.33 bits per heavy atom. The third-order valence-electron chi connectivity index (χ3n) is 4.23. The summed E-state index contributed by atoms with van der Waals surface area (Å²) in [5, 5.41) is 12.2. The number of aryl methyl sites for hydroxylation is 2. The van der Waals surface area contributed by atoms with Crippen molar-refractivity contribution in [3.8, 4) is 0 Å². The van der Waals surface area contributed by atoms with Crippen LogP contribution < -0.4 is 5.32 Å². The molecule has 0 spiro atoms. The quantitative estimate of drug-likeness (QED) is 0.846. The van der Waals surface area contributed by atoms with Crippen LogP contribution in [0.5, 0.6) is 0 Å². The normalized spacial score (nSPS) is 15.6. The monoisotopic (exact) mass is 290 g/mol. The number of benzene rings is 1. The highest BCUT2D eigenvalue weighted by molar-refractivity contribution is 5.93. The summed E-state index contributed by atoms with van der Waals surface area (Å²) in [5.74, 6) is 0.00213. The summed E-state index contributed by atoms with van der Waals surface area (Å²) >= 11 is 0. The number of carbonyl (C=O) groups is 1. The van der Waals surface area contributed by atoms with E-state index in [0.29, 0.717) is 19.1 Å². The van der Waals surface area contributed by atoms with Gasteiger partial charge in [-0.25, -0.2) is 0 Å². The van der Waals surface area contributed by atoms with Gasteiger partial charge in [0.25, 0.3) is 0 Å². The summed E-state index contributed by atoms with van der Waals surface area (Å²) in [6, 6.07) is 6.47. The standard InChI is InChI=1S/C17H26N2O2/c1-13-7-8-16(14(2)11-13)18-17(21)12-19(9-10-20)15-5-3-4-6-15/h7-8,11,15,20H,3-6,9-10,12H2,1-2H3,(H,18,21). The molecule has 0 unspecified atom stereocenters. The molecule has 0 bridgehead atoms. The smallest absolute Gasteiger partial charge is 0.238 e. The van der Waals surface area contributed by atoms with Gasteiger partial charge in [0.2, 0.25) is 5.91 Å². The second-order valence-corrected chi connectivity index (χ2v) is 6.00. The molecule has 4 nitrogen and oxygen atoms in total. The lowest BCUT2D eigenvalue weighted by molar-refractivity contribution is -0.118. The number of nitrogens with one attached hydrogen (secondary N) is 1. The largest absolute Gasteiger partial charge is 0.395 e. The van der Waals surface area contributed by atoms with Crippen LogP contribution >= 0.6 is 0 Å². The number of anilines is 1. The van der Waals surface area contributed by atoms with Crippen molar-refractivity contribution < 1.29 is 9.90 Å². The predicted molar refractivity (Wildman–Crippen MR) is 85.5 cm³/mol. The van der Waals surface area contributed by atoms with Gasteiger partial charge in [-0.2, -0.15) is 0 Å². The molecular weight excluding hydrogens is 264 g/mol. The van der Waals surface area contributed by atoms with Gasteiger partial charge >= 0.3 is 0 Å². The average Bonchev–Trinajstić information content (AvgIpc) is 2.95. The minimum Gasteiger partial charge on any atom is -0.395 e. The number of aliphatic hydroxyl groups is 1. The summed E-state index contributed by atoms with van der Waals surface area (Å²) in [6.07, 6.45) is 4.73. The molecule has 0 heterocycles. The molecule has 1 aliphatic carbocycles. The molecule has 1 aliphatic rings. The first-order valence-electron chi connectivity index (χ1n) is 7.82. The third-order valence-corrected chi connectivity index (χ3v) is 4.23. The van der Waals surface area contributed by atoms with Crippen molar-refractivity contribution in [1.82, 2.24) is 4.90 Å².